The first-order valence-corrected chi connectivity index (χ1v) is 11.1. The summed E-state index contributed by atoms with van der Waals surface area (Å²) in [6.45, 7) is 5.35. The van der Waals surface area contributed by atoms with E-state index in [0.717, 1.165) is 6.07 Å². The topological polar surface area (TPSA) is 154 Å². The summed E-state index contributed by atoms with van der Waals surface area (Å²) in [5.74, 6) is -5.43. The van der Waals surface area contributed by atoms with Gasteiger partial charge < -0.3 is 24.6 Å². The molecule has 188 valence electrons. The molecule has 3 rings (SSSR count). The second-order valence-electron chi connectivity index (χ2n) is 8.52. The summed E-state index contributed by atoms with van der Waals surface area (Å²) in [6.07, 6.45) is 0.868. The molecule has 0 bridgehead atoms. The minimum atomic E-state index is -1.11. The zero-order valence-corrected chi connectivity index (χ0v) is 20.2. The number of ether oxygens (including phenoxy) is 3. The van der Waals surface area contributed by atoms with Crippen LogP contribution >= 0.6 is 0 Å². The van der Waals surface area contributed by atoms with Gasteiger partial charge in [-0.25, -0.2) is 4.79 Å². The maximum Gasteiger partial charge on any atom is 0.336 e. The Labute approximate surface area is 201 Å². The highest BCUT2D eigenvalue weighted by Gasteiger charge is 2.47. The average molecular weight is 488 g/mol. The molecule has 1 aromatic rings. The van der Waals surface area contributed by atoms with Gasteiger partial charge in [-0.3, -0.25) is 19.7 Å². The van der Waals surface area contributed by atoms with E-state index in [2.05, 4.69) is 5.32 Å². The average Bonchev–Trinajstić information content (AvgIpc) is 2.81. The molecular formula is C24H28N2O9. The van der Waals surface area contributed by atoms with E-state index in [-0.39, 0.29) is 35.0 Å². The molecule has 11 heteroatoms. The number of phenols is 1. The van der Waals surface area contributed by atoms with Crippen molar-refractivity contribution in [3.05, 3.63) is 50.4 Å². The molecule has 3 atom stereocenters. The number of nitro groups is 1. The van der Waals surface area contributed by atoms with E-state index in [0.29, 0.717) is 24.2 Å². The number of phenolic OH excluding ortho intramolecular Hbond substituents is 1. The molecule has 0 saturated heterocycles. The number of hydrogen-bond acceptors (Lipinski definition) is 10. The highest BCUT2D eigenvalue weighted by atomic mass is 16.6. The molecule has 1 aliphatic carbocycles. The van der Waals surface area contributed by atoms with Crippen molar-refractivity contribution in [1.29, 1.82) is 0 Å². The number of carbonyl (C=O) groups is 3. The van der Waals surface area contributed by atoms with Gasteiger partial charge in [-0.15, -0.1) is 0 Å². The molecular weight excluding hydrogens is 460 g/mol. The van der Waals surface area contributed by atoms with Gasteiger partial charge in [0.05, 0.1) is 31.3 Å². The van der Waals surface area contributed by atoms with Crippen LogP contribution in [0.4, 0.5) is 5.69 Å². The van der Waals surface area contributed by atoms with Gasteiger partial charge in [0, 0.05) is 29.0 Å². The number of ketones is 1. The van der Waals surface area contributed by atoms with Crippen LogP contribution in [0, 0.1) is 22.0 Å². The molecule has 0 amide bonds. The summed E-state index contributed by atoms with van der Waals surface area (Å²) in [4.78, 5) is 50.2. The summed E-state index contributed by atoms with van der Waals surface area (Å²) in [5.41, 5.74) is 0.628. The normalized spacial score (nSPS) is 21.7. The third-order valence-corrected chi connectivity index (χ3v) is 6.23. The molecule has 1 aromatic carbocycles. The van der Waals surface area contributed by atoms with Crippen LogP contribution < -0.4 is 10.1 Å². The molecule has 0 spiro atoms. The van der Waals surface area contributed by atoms with Gasteiger partial charge in [-0.1, -0.05) is 13.8 Å². The van der Waals surface area contributed by atoms with E-state index in [4.69, 9.17) is 14.2 Å². The van der Waals surface area contributed by atoms with E-state index in [1.807, 2.05) is 6.92 Å². The molecule has 2 aliphatic rings. The lowest BCUT2D eigenvalue weighted by Crippen LogP contribution is -2.43. The summed E-state index contributed by atoms with van der Waals surface area (Å²) >= 11 is 0. The molecule has 0 aromatic heterocycles. The van der Waals surface area contributed by atoms with Crippen LogP contribution in [0.1, 0.15) is 45.1 Å². The second-order valence-corrected chi connectivity index (χ2v) is 8.52. The number of aromatic hydroxyl groups is 1. The third kappa shape index (κ3) is 4.58. The van der Waals surface area contributed by atoms with Gasteiger partial charge in [-0.05, 0) is 37.3 Å². The molecule has 2 N–H and O–H groups in total. The molecule has 0 radical (unpaired) electrons. The Morgan fingerprint density at radius 2 is 1.97 bits per heavy atom. The summed E-state index contributed by atoms with van der Waals surface area (Å²) in [7, 11) is 2.42. The molecule has 0 unspecified atom stereocenters. The fourth-order valence-corrected chi connectivity index (χ4v) is 4.63. The Bertz CT molecular complexity index is 1150. The lowest BCUT2D eigenvalue weighted by atomic mass is 9.69. The Morgan fingerprint density at radius 1 is 1.29 bits per heavy atom. The first-order valence-electron chi connectivity index (χ1n) is 11.1. The van der Waals surface area contributed by atoms with Crippen LogP contribution in [0.2, 0.25) is 0 Å². The van der Waals surface area contributed by atoms with Crippen LogP contribution in [0.3, 0.4) is 0 Å². The van der Waals surface area contributed by atoms with Gasteiger partial charge in [-0.2, -0.15) is 0 Å². The van der Waals surface area contributed by atoms with Gasteiger partial charge in [0.1, 0.15) is 5.92 Å². The number of esters is 2. The van der Waals surface area contributed by atoms with Crippen molar-refractivity contribution in [1.82, 2.24) is 5.32 Å². The highest BCUT2D eigenvalue weighted by Crippen LogP contribution is 2.48. The van der Waals surface area contributed by atoms with Crippen LogP contribution in [-0.2, 0) is 23.9 Å². The van der Waals surface area contributed by atoms with E-state index in [1.165, 1.54) is 20.3 Å². The number of nitrogens with zero attached hydrogens (tertiary/aromatic N) is 1. The predicted octanol–water partition coefficient (Wildman–Crippen LogP) is 2.88. The Balaban J connectivity index is 2.30. The van der Waals surface area contributed by atoms with Crippen LogP contribution in [0.15, 0.2) is 34.7 Å². The Morgan fingerprint density at radius 3 is 2.54 bits per heavy atom. The number of hydrogen-bond donors (Lipinski definition) is 2. The maximum absolute atomic E-state index is 13.7. The fourth-order valence-electron chi connectivity index (χ4n) is 4.63. The van der Waals surface area contributed by atoms with E-state index >= 15 is 0 Å². The van der Waals surface area contributed by atoms with Crippen LogP contribution in [-0.4, -0.2) is 48.6 Å². The first-order chi connectivity index (χ1) is 16.6. The Kier molecular flexibility index (Phi) is 7.47. The highest BCUT2D eigenvalue weighted by molar-refractivity contribution is 6.12. The van der Waals surface area contributed by atoms with Crippen molar-refractivity contribution >= 4 is 23.4 Å². The number of nitrogens with one attached hydrogen (secondary N) is 1. The largest absolute Gasteiger partial charge is 0.500 e. The fraction of sp³-hybridized carbons (Fsp3) is 0.458. The van der Waals surface area contributed by atoms with Crippen molar-refractivity contribution in [2.24, 2.45) is 11.8 Å². The molecule has 1 heterocycles. The van der Waals surface area contributed by atoms with E-state index in [9.17, 15) is 29.6 Å². The lowest BCUT2D eigenvalue weighted by molar-refractivity contribution is -0.386. The molecule has 35 heavy (non-hydrogen) atoms. The molecule has 0 fully saturated rings. The summed E-state index contributed by atoms with van der Waals surface area (Å²) < 4.78 is 15.4. The summed E-state index contributed by atoms with van der Waals surface area (Å²) in [6, 6.07) is 2.43. The number of benzene rings is 1. The zero-order chi connectivity index (χ0) is 26.0. The van der Waals surface area contributed by atoms with Crippen molar-refractivity contribution in [3.63, 3.8) is 0 Å². The van der Waals surface area contributed by atoms with Crippen molar-refractivity contribution in [2.75, 3.05) is 20.8 Å². The number of nitro benzene ring substituents is 1. The van der Waals surface area contributed by atoms with Gasteiger partial charge in [0.25, 0.3) is 0 Å². The third-order valence-electron chi connectivity index (χ3n) is 6.23. The van der Waals surface area contributed by atoms with Crippen LogP contribution in [0.5, 0.6) is 11.5 Å². The lowest BCUT2D eigenvalue weighted by Gasteiger charge is -2.38. The molecule has 11 nitrogen and oxygen atoms in total. The standard InChI is InChI=1S/C24H28N2O9/c1-6-7-35-24(30)18-12(3)25-14-8-11(2)17(23(29)34-5)22(28)20(14)19(18)13-9-15(26(31)32)21(27)16(10-13)33-4/h9-11,17,19,25,27H,6-8H2,1-5H3/t11-,17-,19+/m1/s1. The van der Waals surface area contributed by atoms with E-state index in [1.54, 1.807) is 13.8 Å². The summed E-state index contributed by atoms with van der Waals surface area (Å²) in [5, 5.41) is 25.0. The number of methoxy groups -OCH3 is 2. The van der Waals surface area contributed by atoms with Gasteiger partial charge in [0.2, 0.25) is 5.75 Å². The SMILES string of the molecule is CCCOC(=O)C1=C(C)NC2=C(C(=O)[C@H](C(=O)OC)[C@H](C)C2)[C@H]1c1cc(OC)c(O)c([N+](=O)[O-])c1. The minimum absolute atomic E-state index is 0.0748. The number of Topliss-reactive ketones (excluding diaryl/α,β-unsaturated/α-hetero) is 1. The number of carbonyl (C=O) groups excluding carboxylic acids is 3. The van der Waals surface area contributed by atoms with Gasteiger partial charge in [0.15, 0.2) is 11.5 Å². The quantitative estimate of drug-likeness (QED) is 0.253. The zero-order valence-electron chi connectivity index (χ0n) is 20.2. The monoisotopic (exact) mass is 488 g/mol. The minimum Gasteiger partial charge on any atom is -0.500 e. The number of dihydropyridines is 1. The molecule has 0 saturated carbocycles. The van der Waals surface area contributed by atoms with Crippen LogP contribution in [0.25, 0.3) is 0 Å². The predicted molar refractivity (Wildman–Crippen MR) is 122 cm³/mol. The van der Waals surface area contributed by atoms with E-state index < -0.39 is 45.9 Å². The van der Waals surface area contributed by atoms with Gasteiger partial charge >= 0.3 is 17.6 Å². The number of rotatable bonds is 7. The Hall–Kier alpha value is -3.89. The van der Waals surface area contributed by atoms with Crippen molar-refractivity contribution in [3.8, 4) is 11.5 Å². The maximum atomic E-state index is 13.7. The smallest absolute Gasteiger partial charge is 0.336 e. The van der Waals surface area contributed by atoms with Crippen molar-refractivity contribution in [2.45, 2.75) is 39.5 Å². The first kappa shape index (κ1) is 25.7. The van der Waals surface area contributed by atoms with Crippen molar-refractivity contribution < 1.29 is 38.6 Å². The molecule has 1 aliphatic heterocycles. The second kappa shape index (κ2) is 10.2. The number of allylic oxidation sites excluding steroid dienone is 3.